The number of non-ortho nitro benzene ring substituents is 1. The molecule has 0 fully saturated rings. The maximum atomic E-state index is 12.4. The summed E-state index contributed by atoms with van der Waals surface area (Å²) in [5, 5.41) is 16.7. The molecule has 1 aromatic carbocycles. The third-order valence-electron chi connectivity index (χ3n) is 2.83. The van der Waals surface area contributed by atoms with E-state index in [1.54, 1.807) is 6.92 Å². The summed E-state index contributed by atoms with van der Waals surface area (Å²) in [5.41, 5.74) is -1.07. The molecule has 11 heteroatoms. The molecule has 0 spiro atoms. The number of rotatable bonds is 5. The van der Waals surface area contributed by atoms with Gasteiger partial charge in [-0.3, -0.25) is 14.9 Å². The lowest BCUT2D eigenvalue weighted by Crippen LogP contribution is -2.30. The minimum atomic E-state index is -4.31. The minimum Gasteiger partial charge on any atom is -0.383 e. The summed E-state index contributed by atoms with van der Waals surface area (Å²) in [4.78, 5) is 21.7. The predicted molar refractivity (Wildman–Crippen MR) is 83.4 cm³/mol. The highest BCUT2D eigenvalue weighted by Crippen LogP contribution is 2.19. The van der Waals surface area contributed by atoms with E-state index in [1.165, 1.54) is 0 Å². The summed E-state index contributed by atoms with van der Waals surface area (Å²) in [6.45, 7) is 2.25. The number of nitrogens with one attached hydrogen (secondary N) is 1. The van der Waals surface area contributed by atoms with Gasteiger partial charge in [-0.15, -0.1) is 4.09 Å². The van der Waals surface area contributed by atoms with Crippen LogP contribution in [0.4, 0.5) is 11.4 Å². The van der Waals surface area contributed by atoms with Crippen molar-refractivity contribution in [2.24, 2.45) is 0 Å². The van der Waals surface area contributed by atoms with E-state index in [2.05, 4.69) is 10.4 Å². The molecule has 0 saturated heterocycles. The van der Waals surface area contributed by atoms with Crippen LogP contribution in [0.5, 0.6) is 0 Å². The maximum Gasteiger partial charge on any atom is 0.302 e. The zero-order chi connectivity index (χ0) is 17.2. The molecule has 9 nitrogen and oxygen atoms in total. The molecular formula is C12H11ClN4O5S. The molecule has 1 N–H and O–H groups in total. The Labute approximate surface area is 135 Å². The third-order valence-corrected chi connectivity index (χ3v) is 4.78. The van der Waals surface area contributed by atoms with Crippen LogP contribution in [0.3, 0.4) is 0 Å². The fourth-order valence-electron chi connectivity index (χ4n) is 1.74. The number of nitro benzene ring substituents is 1. The zero-order valence-electron chi connectivity index (χ0n) is 11.8. The lowest BCUT2D eigenvalue weighted by atomic mass is 10.3. The Bertz CT molecular complexity index is 908. The van der Waals surface area contributed by atoms with Gasteiger partial charge in [-0.05, 0) is 19.1 Å². The van der Waals surface area contributed by atoms with Gasteiger partial charge in [0, 0.05) is 18.7 Å². The van der Waals surface area contributed by atoms with Crippen molar-refractivity contribution < 1.29 is 13.3 Å². The zero-order valence-corrected chi connectivity index (χ0v) is 13.3. The first-order valence-electron chi connectivity index (χ1n) is 6.30. The van der Waals surface area contributed by atoms with Gasteiger partial charge in [0.15, 0.2) is 0 Å². The van der Waals surface area contributed by atoms with Crippen molar-refractivity contribution in [3.63, 3.8) is 0 Å². The molecule has 2 aromatic rings. The van der Waals surface area contributed by atoms with Crippen molar-refractivity contribution in [3.8, 4) is 0 Å². The van der Waals surface area contributed by atoms with Gasteiger partial charge in [0.1, 0.15) is 5.02 Å². The predicted octanol–water partition coefficient (Wildman–Crippen LogP) is 1.47. The molecule has 0 unspecified atom stereocenters. The van der Waals surface area contributed by atoms with Crippen molar-refractivity contribution >= 4 is 33.0 Å². The molecule has 2 rings (SSSR count). The summed E-state index contributed by atoms with van der Waals surface area (Å²) in [7, 11) is -4.31. The van der Waals surface area contributed by atoms with Crippen LogP contribution < -0.4 is 10.9 Å². The van der Waals surface area contributed by atoms with E-state index >= 15 is 0 Å². The highest BCUT2D eigenvalue weighted by atomic mass is 35.5. The minimum absolute atomic E-state index is 0.217. The fraction of sp³-hybridized carbons (Fsp3) is 0.167. The average Bonchev–Trinajstić information content (AvgIpc) is 2.52. The van der Waals surface area contributed by atoms with Crippen molar-refractivity contribution in [2.75, 3.05) is 11.9 Å². The fourth-order valence-corrected chi connectivity index (χ4v) is 3.15. The van der Waals surface area contributed by atoms with Gasteiger partial charge in [-0.25, -0.2) is 0 Å². The second-order valence-electron chi connectivity index (χ2n) is 4.31. The standard InChI is InChI=1S/C12H11ClN4O5S/c1-2-14-10-7-15-16(12(18)11(10)13)23(21,22)9-5-3-8(4-6-9)17(19)20/h3-7,14H,2H2,1H3. The molecule has 0 aliphatic heterocycles. The number of hydrogen-bond acceptors (Lipinski definition) is 7. The Morgan fingerprint density at radius 2 is 1.96 bits per heavy atom. The summed E-state index contributed by atoms with van der Waals surface area (Å²) in [6.07, 6.45) is 1.12. The van der Waals surface area contributed by atoms with E-state index in [4.69, 9.17) is 11.6 Å². The largest absolute Gasteiger partial charge is 0.383 e. The van der Waals surface area contributed by atoms with E-state index in [0.29, 0.717) is 6.54 Å². The normalized spacial score (nSPS) is 11.2. The lowest BCUT2D eigenvalue weighted by molar-refractivity contribution is -0.384. The molecule has 0 bridgehead atoms. The molecule has 0 atom stereocenters. The van der Waals surface area contributed by atoms with E-state index in [9.17, 15) is 23.3 Å². The first-order chi connectivity index (χ1) is 10.8. The monoisotopic (exact) mass is 358 g/mol. The van der Waals surface area contributed by atoms with Gasteiger partial charge in [-0.2, -0.15) is 13.5 Å². The second-order valence-corrected chi connectivity index (χ2v) is 6.45. The van der Waals surface area contributed by atoms with E-state index in [1.807, 2.05) is 0 Å². The van der Waals surface area contributed by atoms with Gasteiger partial charge in [0.2, 0.25) is 0 Å². The van der Waals surface area contributed by atoms with E-state index in [-0.39, 0.29) is 25.4 Å². The number of hydrogen-bond donors (Lipinski definition) is 1. The van der Waals surface area contributed by atoms with Gasteiger partial charge in [0.05, 0.1) is 21.7 Å². The summed E-state index contributed by atoms with van der Waals surface area (Å²) in [5.74, 6) is 0. The van der Waals surface area contributed by atoms with Gasteiger partial charge >= 0.3 is 5.56 Å². The number of halogens is 1. The summed E-state index contributed by atoms with van der Waals surface area (Å²) < 4.78 is 25.1. The van der Waals surface area contributed by atoms with Crippen LogP contribution in [0.25, 0.3) is 0 Å². The SMILES string of the molecule is CCNc1cnn(S(=O)(=O)c2ccc([N+](=O)[O-])cc2)c(=O)c1Cl. The third kappa shape index (κ3) is 3.17. The Morgan fingerprint density at radius 1 is 1.35 bits per heavy atom. The van der Waals surface area contributed by atoms with E-state index in [0.717, 1.165) is 30.5 Å². The van der Waals surface area contributed by atoms with Crippen LogP contribution in [0.2, 0.25) is 5.02 Å². The van der Waals surface area contributed by atoms with Crippen LogP contribution in [0, 0.1) is 10.1 Å². The van der Waals surface area contributed by atoms with Crippen molar-refractivity contribution in [1.82, 2.24) is 9.19 Å². The van der Waals surface area contributed by atoms with Gasteiger partial charge in [0.25, 0.3) is 15.7 Å². The van der Waals surface area contributed by atoms with Crippen LogP contribution >= 0.6 is 11.6 Å². The topological polar surface area (TPSA) is 124 Å². The quantitative estimate of drug-likeness (QED) is 0.633. The molecule has 0 radical (unpaired) electrons. The molecule has 23 heavy (non-hydrogen) atoms. The maximum absolute atomic E-state index is 12.4. The van der Waals surface area contributed by atoms with Crippen LogP contribution in [0.1, 0.15) is 6.92 Å². The molecule has 0 amide bonds. The smallest absolute Gasteiger partial charge is 0.302 e. The van der Waals surface area contributed by atoms with Gasteiger partial charge < -0.3 is 5.32 Å². The highest BCUT2D eigenvalue weighted by Gasteiger charge is 2.23. The first-order valence-corrected chi connectivity index (χ1v) is 8.12. The number of anilines is 1. The Balaban J connectivity index is 2.54. The number of nitro groups is 1. The van der Waals surface area contributed by atoms with Crippen molar-refractivity contribution in [2.45, 2.75) is 11.8 Å². The number of benzene rings is 1. The van der Waals surface area contributed by atoms with E-state index < -0.39 is 20.5 Å². The van der Waals surface area contributed by atoms with Crippen LogP contribution in [0.15, 0.2) is 40.2 Å². The average molecular weight is 359 g/mol. The van der Waals surface area contributed by atoms with Crippen LogP contribution in [-0.2, 0) is 10.0 Å². The second kappa shape index (κ2) is 6.34. The summed E-state index contributed by atoms with van der Waals surface area (Å²) >= 11 is 5.85. The number of aromatic nitrogens is 2. The lowest BCUT2D eigenvalue weighted by Gasteiger charge is -2.09. The highest BCUT2D eigenvalue weighted by molar-refractivity contribution is 7.89. The van der Waals surface area contributed by atoms with Crippen molar-refractivity contribution in [3.05, 3.63) is 56.0 Å². The number of nitrogens with zero attached hydrogens (tertiary/aromatic N) is 3. The Kier molecular flexibility index (Phi) is 4.66. The first kappa shape index (κ1) is 16.9. The molecule has 0 aliphatic carbocycles. The summed E-state index contributed by atoms with van der Waals surface area (Å²) in [6, 6.07) is 4.08. The molecule has 1 aromatic heterocycles. The molecule has 0 saturated carbocycles. The molecule has 1 heterocycles. The molecule has 0 aliphatic rings. The molecule has 122 valence electrons. The van der Waals surface area contributed by atoms with Crippen molar-refractivity contribution in [1.29, 1.82) is 0 Å². The molecular weight excluding hydrogens is 348 g/mol. The van der Waals surface area contributed by atoms with Gasteiger partial charge in [-0.1, -0.05) is 11.6 Å². The Hall–Kier alpha value is -2.46. The Morgan fingerprint density at radius 3 is 2.48 bits per heavy atom. The van der Waals surface area contributed by atoms with Crippen LogP contribution in [-0.4, -0.2) is 29.1 Å².